The molecule has 0 aromatic rings. The Labute approximate surface area is 159 Å². The molecule has 0 bridgehead atoms. The first-order valence-electron chi connectivity index (χ1n) is 11.1. The van der Waals surface area contributed by atoms with Crippen LogP contribution in [0.1, 0.15) is 129 Å². The van der Waals surface area contributed by atoms with E-state index >= 15 is 0 Å². The summed E-state index contributed by atoms with van der Waals surface area (Å²) in [4.78, 5) is 0. The normalized spacial score (nSPS) is 11.8. The highest BCUT2D eigenvalue weighted by Gasteiger charge is 2.12. The maximum atomic E-state index is 6.27. The second kappa shape index (κ2) is 19.6. The van der Waals surface area contributed by atoms with Crippen molar-refractivity contribution in [2.45, 2.75) is 135 Å². The first-order chi connectivity index (χ1) is 11.7. The van der Waals surface area contributed by atoms with Crippen molar-refractivity contribution >= 4 is 11.8 Å². The summed E-state index contributed by atoms with van der Waals surface area (Å²) in [6, 6.07) is 0.590. The maximum Gasteiger partial charge on any atom is 0.0248 e. The zero-order valence-corrected chi connectivity index (χ0v) is 17.9. The van der Waals surface area contributed by atoms with Crippen LogP contribution in [0.15, 0.2) is 0 Å². The predicted octanol–water partition coefficient (Wildman–Crippen LogP) is 8.50. The summed E-state index contributed by atoms with van der Waals surface area (Å²) < 4.78 is 1.95. The molecule has 0 saturated carbocycles. The van der Waals surface area contributed by atoms with E-state index in [2.05, 4.69) is 13.8 Å². The average Bonchev–Trinajstić information content (AvgIpc) is 2.57. The van der Waals surface area contributed by atoms with Crippen molar-refractivity contribution in [2.75, 3.05) is 7.05 Å². The van der Waals surface area contributed by atoms with Gasteiger partial charge in [-0.1, -0.05) is 117 Å². The van der Waals surface area contributed by atoms with E-state index in [1.54, 1.807) is 0 Å². The zero-order valence-electron chi connectivity index (χ0n) is 17.1. The first kappa shape index (κ1) is 24.2. The Hall–Kier alpha value is 0.250. The Morgan fingerprint density at radius 2 is 0.833 bits per heavy atom. The van der Waals surface area contributed by atoms with E-state index in [1.165, 1.54) is 116 Å². The standard InChI is InChI=1S/C22H46ClN/c1-4-6-8-10-12-14-16-18-20-22(24(3)23)21-19-17-15-13-11-9-7-5-2/h22H,4-21H2,1-3H3. The minimum Gasteiger partial charge on any atom is -0.220 e. The molecule has 0 atom stereocenters. The van der Waals surface area contributed by atoms with Gasteiger partial charge in [0, 0.05) is 13.1 Å². The minimum atomic E-state index is 0.590. The molecule has 0 aliphatic rings. The molecule has 0 aliphatic heterocycles. The van der Waals surface area contributed by atoms with E-state index in [-0.39, 0.29) is 0 Å². The molecule has 0 aliphatic carbocycles. The Balaban J connectivity index is 3.47. The molecule has 0 saturated heterocycles. The summed E-state index contributed by atoms with van der Waals surface area (Å²) in [5.74, 6) is 0. The van der Waals surface area contributed by atoms with Crippen molar-refractivity contribution in [1.82, 2.24) is 4.42 Å². The van der Waals surface area contributed by atoms with Gasteiger partial charge in [0.25, 0.3) is 0 Å². The highest BCUT2D eigenvalue weighted by Crippen LogP contribution is 2.19. The third-order valence-corrected chi connectivity index (χ3v) is 5.56. The lowest BCUT2D eigenvalue weighted by Gasteiger charge is -2.22. The second-order valence-corrected chi connectivity index (χ2v) is 8.24. The topological polar surface area (TPSA) is 3.24 Å². The lowest BCUT2D eigenvalue weighted by atomic mass is 10.00. The molecule has 2 heteroatoms. The summed E-state index contributed by atoms with van der Waals surface area (Å²) >= 11 is 6.27. The Morgan fingerprint density at radius 3 is 1.12 bits per heavy atom. The molecule has 0 N–H and O–H groups in total. The van der Waals surface area contributed by atoms with Crippen LogP contribution in [-0.4, -0.2) is 17.5 Å². The van der Waals surface area contributed by atoms with Crippen molar-refractivity contribution < 1.29 is 0 Å². The molecule has 0 amide bonds. The number of hydrogen-bond acceptors (Lipinski definition) is 1. The monoisotopic (exact) mass is 359 g/mol. The van der Waals surface area contributed by atoms with Gasteiger partial charge in [-0.05, 0) is 24.6 Å². The highest BCUT2D eigenvalue weighted by atomic mass is 35.5. The molecule has 0 heterocycles. The van der Waals surface area contributed by atoms with Gasteiger partial charge in [-0.2, -0.15) is 0 Å². The second-order valence-electron chi connectivity index (χ2n) is 7.71. The molecule has 0 fully saturated rings. The molecule has 146 valence electrons. The summed E-state index contributed by atoms with van der Waals surface area (Å²) in [7, 11) is 2.04. The van der Waals surface area contributed by atoms with Crippen molar-refractivity contribution in [3.63, 3.8) is 0 Å². The van der Waals surface area contributed by atoms with Crippen LogP contribution in [-0.2, 0) is 0 Å². The largest absolute Gasteiger partial charge is 0.220 e. The maximum absolute atomic E-state index is 6.27. The minimum absolute atomic E-state index is 0.590. The zero-order chi connectivity index (χ0) is 17.9. The van der Waals surface area contributed by atoms with Gasteiger partial charge in [-0.15, -0.1) is 0 Å². The molecule has 24 heavy (non-hydrogen) atoms. The highest BCUT2D eigenvalue weighted by molar-refractivity contribution is 6.13. The Morgan fingerprint density at radius 1 is 0.542 bits per heavy atom. The first-order valence-corrected chi connectivity index (χ1v) is 11.4. The van der Waals surface area contributed by atoms with Crippen LogP contribution in [0.4, 0.5) is 0 Å². The fourth-order valence-corrected chi connectivity index (χ4v) is 3.72. The van der Waals surface area contributed by atoms with Crippen molar-refractivity contribution in [2.24, 2.45) is 0 Å². The molecule has 0 radical (unpaired) electrons. The number of unbranched alkanes of at least 4 members (excludes halogenated alkanes) is 14. The van der Waals surface area contributed by atoms with Gasteiger partial charge in [-0.3, -0.25) is 0 Å². The molecule has 0 aromatic heterocycles. The Kier molecular flexibility index (Phi) is 19.8. The summed E-state index contributed by atoms with van der Waals surface area (Å²) in [5.41, 5.74) is 0. The third-order valence-electron chi connectivity index (χ3n) is 5.28. The van der Waals surface area contributed by atoms with Gasteiger partial charge in [0.1, 0.15) is 0 Å². The molecule has 0 unspecified atom stereocenters. The van der Waals surface area contributed by atoms with Crippen LogP contribution in [0.5, 0.6) is 0 Å². The third kappa shape index (κ3) is 17.1. The van der Waals surface area contributed by atoms with E-state index < -0.39 is 0 Å². The average molecular weight is 360 g/mol. The van der Waals surface area contributed by atoms with Gasteiger partial charge in [0.15, 0.2) is 0 Å². The van der Waals surface area contributed by atoms with E-state index in [0.717, 1.165) is 0 Å². The van der Waals surface area contributed by atoms with Gasteiger partial charge in [0.2, 0.25) is 0 Å². The van der Waals surface area contributed by atoms with Crippen LogP contribution in [0, 0.1) is 0 Å². The molecule has 1 nitrogen and oxygen atoms in total. The SMILES string of the molecule is CCCCCCCCCCC(CCCCCCCCCC)N(C)Cl. The molecule has 0 spiro atoms. The molecule has 0 rings (SSSR count). The number of rotatable bonds is 19. The summed E-state index contributed by atoms with van der Waals surface area (Å²) in [6.45, 7) is 4.57. The van der Waals surface area contributed by atoms with Gasteiger partial charge >= 0.3 is 0 Å². The Bertz CT molecular complexity index is 210. The predicted molar refractivity (Wildman–Crippen MR) is 112 cm³/mol. The smallest absolute Gasteiger partial charge is 0.0248 e. The fraction of sp³-hybridized carbons (Fsp3) is 1.00. The molecular formula is C22H46ClN. The number of nitrogens with zero attached hydrogens (tertiary/aromatic N) is 1. The van der Waals surface area contributed by atoms with Gasteiger partial charge in [-0.25, -0.2) is 4.42 Å². The van der Waals surface area contributed by atoms with Gasteiger partial charge in [0.05, 0.1) is 0 Å². The van der Waals surface area contributed by atoms with Crippen LogP contribution >= 0.6 is 11.8 Å². The van der Waals surface area contributed by atoms with Crippen LogP contribution in [0.3, 0.4) is 0 Å². The molecule has 0 aromatic carbocycles. The van der Waals surface area contributed by atoms with Crippen LogP contribution < -0.4 is 0 Å². The van der Waals surface area contributed by atoms with E-state index in [4.69, 9.17) is 11.8 Å². The lowest BCUT2D eigenvalue weighted by Crippen LogP contribution is -2.23. The van der Waals surface area contributed by atoms with Crippen molar-refractivity contribution in [3.05, 3.63) is 0 Å². The van der Waals surface area contributed by atoms with Gasteiger partial charge < -0.3 is 0 Å². The van der Waals surface area contributed by atoms with E-state index in [1.807, 2.05) is 11.5 Å². The van der Waals surface area contributed by atoms with Crippen LogP contribution in [0.25, 0.3) is 0 Å². The van der Waals surface area contributed by atoms with Crippen molar-refractivity contribution in [1.29, 1.82) is 0 Å². The quantitative estimate of drug-likeness (QED) is 0.165. The van der Waals surface area contributed by atoms with E-state index in [9.17, 15) is 0 Å². The summed E-state index contributed by atoms with van der Waals surface area (Å²) in [5, 5.41) is 0. The summed E-state index contributed by atoms with van der Waals surface area (Å²) in [6.07, 6.45) is 25.0. The fourth-order valence-electron chi connectivity index (χ4n) is 3.53. The molecular weight excluding hydrogens is 314 g/mol. The lowest BCUT2D eigenvalue weighted by molar-refractivity contribution is 0.327. The van der Waals surface area contributed by atoms with Crippen LogP contribution in [0.2, 0.25) is 0 Å². The van der Waals surface area contributed by atoms with E-state index in [0.29, 0.717) is 6.04 Å². The number of hydrogen-bond donors (Lipinski definition) is 0. The van der Waals surface area contributed by atoms with Crippen molar-refractivity contribution in [3.8, 4) is 0 Å². The number of halogens is 1.